The fraction of sp³-hybridized carbons (Fsp3) is 0.529. The van der Waals surface area contributed by atoms with Gasteiger partial charge in [0.15, 0.2) is 5.41 Å². The number of hydrogen-bond acceptors (Lipinski definition) is 4. The largest absolute Gasteiger partial charge is 0.508 e. The monoisotopic (exact) mass is 308 g/mol. The van der Waals surface area contributed by atoms with E-state index >= 15 is 0 Å². The molecule has 0 aromatic heterocycles. The summed E-state index contributed by atoms with van der Waals surface area (Å²) in [4.78, 5) is 23.2. The van der Waals surface area contributed by atoms with Crippen LogP contribution in [0.4, 0.5) is 0 Å². The molecule has 1 atom stereocenters. The second-order valence-corrected chi connectivity index (χ2v) is 6.53. The standard InChI is InChI=1S/C17H24O5/c1-11-6-7-13(18)12(10-11)16(2,3)8-9-17(4,14(19)20)15(21)22-5/h6-7,10,18H,8-9H2,1-5H3,(H,19,20). The number of rotatable bonds is 6. The molecule has 0 bridgehead atoms. The summed E-state index contributed by atoms with van der Waals surface area (Å²) in [5.74, 6) is -1.79. The predicted octanol–water partition coefficient (Wildman–Crippen LogP) is 3.02. The van der Waals surface area contributed by atoms with Crippen LogP contribution in [-0.2, 0) is 19.7 Å². The summed E-state index contributed by atoms with van der Waals surface area (Å²) < 4.78 is 4.62. The van der Waals surface area contributed by atoms with Crippen molar-refractivity contribution in [3.05, 3.63) is 29.3 Å². The number of methoxy groups -OCH3 is 1. The summed E-state index contributed by atoms with van der Waals surface area (Å²) in [5.41, 5.74) is -0.313. The molecular formula is C17H24O5. The molecular weight excluding hydrogens is 284 g/mol. The Hall–Kier alpha value is -2.04. The van der Waals surface area contributed by atoms with Gasteiger partial charge in [-0.25, -0.2) is 0 Å². The number of phenols is 1. The van der Waals surface area contributed by atoms with Gasteiger partial charge in [-0.3, -0.25) is 9.59 Å². The van der Waals surface area contributed by atoms with Crippen LogP contribution in [0.3, 0.4) is 0 Å². The number of carboxylic acids is 1. The Labute approximate surface area is 130 Å². The minimum absolute atomic E-state index is 0.120. The van der Waals surface area contributed by atoms with E-state index in [0.717, 1.165) is 11.1 Å². The second kappa shape index (κ2) is 6.38. The van der Waals surface area contributed by atoms with Crippen molar-refractivity contribution >= 4 is 11.9 Å². The molecule has 0 aliphatic carbocycles. The van der Waals surface area contributed by atoms with E-state index < -0.39 is 22.8 Å². The van der Waals surface area contributed by atoms with E-state index in [4.69, 9.17) is 0 Å². The zero-order valence-corrected chi connectivity index (χ0v) is 13.8. The topological polar surface area (TPSA) is 83.8 Å². The quantitative estimate of drug-likeness (QED) is 0.623. The van der Waals surface area contributed by atoms with Crippen LogP contribution in [0.5, 0.6) is 5.75 Å². The molecule has 1 rings (SSSR count). The van der Waals surface area contributed by atoms with Gasteiger partial charge in [0.2, 0.25) is 0 Å². The summed E-state index contributed by atoms with van der Waals surface area (Å²) in [5, 5.41) is 19.4. The normalized spacial score (nSPS) is 14.2. The first-order chi connectivity index (χ1) is 10.0. The minimum Gasteiger partial charge on any atom is -0.508 e. The van der Waals surface area contributed by atoms with Crippen molar-refractivity contribution < 1.29 is 24.5 Å². The molecule has 0 amide bonds. The summed E-state index contributed by atoms with van der Waals surface area (Å²) in [6.45, 7) is 7.13. The maximum absolute atomic E-state index is 11.8. The zero-order valence-electron chi connectivity index (χ0n) is 13.8. The first kappa shape index (κ1) is 18.0. The second-order valence-electron chi connectivity index (χ2n) is 6.53. The van der Waals surface area contributed by atoms with Crippen molar-refractivity contribution in [1.82, 2.24) is 0 Å². The molecule has 0 radical (unpaired) electrons. The average molecular weight is 308 g/mol. The van der Waals surface area contributed by atoms with Crippen LogP contribution < -0.4 is 0 Å². The van der Waals surface area contributed by atoms with Gasteiger partial charge in [-0.2, -0.15) is 0 Å². The Morgan fingerprint density at radius 3 is 2.27 bits per heavy atom. The van der Waals surface area contributed by atoms with Crippen molar-refractivity contribution in [1.29, 1.82) is 0 Å². The fourth-order valence-electron chi connectivity index (χ4n) is 2.41. The smallest absolute Gasteiger partial charge is 0.322 e. The summed E-state index contributed by atoms with van der Waals surface area (Å²) in [6.07, 6.45) is 0.539. The van der Waals surface area contributed by atoms with Crippen molar-refractivity contribution in [2.45, 2.75) is 46.0 Å². The number of aliphatic carboxylic acids is 1. The molecule has 0 saturated heterocycles. The van der Waals surface area contributed by atoms with Crippen molar-refractivity contribution in [2.24, 2.45) is 5.41 Å². The van der Waals surface area contributed by atoms with E-state index in [2.05, 4.69) is 4.74 Å². The predicted molar refractivity (Wildman–Crippen MR) is 82.9 cm³/mol. The molecule has 0 spiro atoms. The lowest BCUT2D eigenvalue weighted by atomic mass is 9.74. The number of aryl methyl sites for hydroxylation is 1. The zero-order chi connectivity index (χ0) is 17.1. The Balaban J connectivity index is 3.04. The van der Waals surface area contributed by atoms with Gasteiger partial charge in [-0.05, 0) is 43.7 Å². The molecule has 122 valence electrons. The molecule has 2 N–H and O–H groups in total. The number of benzene rings is 1. The molecule has 0 fully saturated rings. The number of carboxylic acid groups (broad SMARTS) is 1. The number of esters is 1. The van der Waals surface area contributed by atoms with Gasteiger partial charge in [0, 0.05) is 0 Å². The van der Waals surface area contributed by atoms with Crippen molar-refractivity contribution in [3.63, 3.8) is 0 Å². The number of ether oxygens (including phenoxy) is 1. The van der Waals surface area contributed by atoms with E-state index in [9.17, 15) is 19.8 Å². The molecule has 1 unspecified atom stereocenters. The van der Waals surface area contributed by atoms with Gasteiger partial charge < -0.3 is 14.9 Å². The maximum Gasteiger partial charge on any atom is 0.322 e. The van der Waals surface area contributed by atoms with Gasteiger partial charge in [-0.15, -0.1) is 0 Å². The van der Waals surface area contributed by atoms with Crippen LogP contribution in [0.1, 0.15) is 44.7 Å². The lowest BCUT2D eigenvalue weighted by Gasteiger charge is -2.30. The molecule has 1 aromatic rings. The number of carbonyl (C=O) groups is 2. The minimum atomic E-state index is -1.59. The van der Waals surface area contributed by atoms with E-state index in [1.54, 1.807) is 6.07 Å². The molecule has 5 nitrogen and oxygen atoms in total. The Kier molecular flexibility index (Phi) is 5.22. The summed E-state index contributed by atoms with van der Waals surface area (Å²) in [6, 6.07) is 5.32. The molecule has 0 saturated carbocycles. The van der Waals surface area contributed by atoms with Gasteiger partial charge in [-0.1, -0.05) is 31.5 Å². The van der Waals surface area contributed by atoms with Gasteiger partial charge in [0.1, 0.15) is 5.75 Å². The lowest BCUT2D eigenvalue weighted by molar-refractivity contribution is -0.166. The first-order valence-electron chi connectivity index (χ1n) is 7.16. The third-order valence-electron chi connectivity index (χ3n) is 4.24. The summed E-state index contributed by atoms with van der Waals surface area (Å²) >= 11 is 0. The van der Waals surface area contributed by atoms with E-state index in [-0.39, 0.29) is 12.2 Å². The van der Waals surface area contributed by atoms with E-state index in [1.165, 1.54) is 14.0 Å². The average Bonchev–Trinajstić information content (AvgIpc) is 2.46. The van der Waals surface area contributed by atoms with Gasteiger partial charge in [0.05, 0.1) is 7.11 Å². The molecule has 22 heavy (non-hydrogen) atoms. The first-order valence-corrected chi connectivity index (χ1v) is 7.16. The fourth-order valence-corrected chi connectivity index (χ4v) is 2.41. The van der Waals surface area contributed by atoms with Crippen LogP contribution in [-0.4, -0.2) is 29.3 Å². The molecule has 0 heterocycles. The summed E-state index contributed by atoms with van der Waals surface area (Å²) in [7, 11) is 1.18. The van der Waals surface area contributed by atoms with Crippen molar-refractivity contribution in [2.75, 3.05) is 7.11 Å². The third kappa shape index (κ3) is 3.59. The SMILES string of the molecule is COC(=O)C(C)(CCC(C)(C)c1cc(C)ccc1O)C(=O)O. The Morgan fingerprint density at radius 2 is 1.77 bits per heavy atom. The van der Waals surface area contributed by atoms with E-state index in [1.807, 2.05) is 32.9 Å². The van der Waals surface area contributed by atoms with Gasteiger partial charge in [0.25, 0.3) is 0 Å². The highest BCUT2D eigenvalue weighted by molar-refractivity contribution is 5.98. The van der Waals surface area contributed by atoms with Crippen LogP contribution in [0.25, 0.3) is 0 Å². The number of hydrogen-bond donors (Lipinski definition) is 2. The van der Waals surface area contributed by atoms with Crippen LogP contribution in [0.2, 0.25) is 0 Å². The highest BCUT2D eigenvalue weighted by Gasteiger charge is 2.43. The third-order valence-corrected chi connectivity index (χ3v) is 4.24. The number of carbonyl (C=O) groups excluding carboxylic acids is 1. The van der Waals surface area contributed by atoms with E-state index in [0.29, 0.717) is 6.42 Å². The van der Waals surface area contributed by atoms with Gasteiger partial charge >= 0.3 is 11.9 Å². The van der Waals surface area contributed by atoms with Crippen LogP contribution in [0.15, 0.2) is 18.2 Å². The Morgan fingerprint density at radius 1 is 1.18 bits per heavy atom. The van der Waals surface area contributed by atoms with Crippen molar-refractivity contribution in [3.8, 4) is 5.75 Å². The number of phenolic OH excluding ortho intramolecular Hbond substituents is 1. The molecule has 0 aliphatic heterocycles. The van der Waals surface area contributed by atoms with Crippen LogP contribution >= 0.6 is 0 Å². The Bertz CT molecular complexity index is 576. The molecule has 0 aliphatic rings. The highest BCUT2D eigenvalue weighted by atomic mass is 16.5. The number of aromatic hydroxyl groups is 1. The molecule has 5 heteroatoms. The lowest BCUT2D eigenvalue weighted by Crippen LogP contribution is -2.38. The molecule has 1 aromatic carbocycles. The maximum atomic E-state index is 11.8. The van der Waals surface area contributed by atoms with Crippen LogP contribution in [0, 0.1) is 12.3 Å². The highest BCUT2D eigenvalue weighted by Crippen LogP contribution is 2.38.